The summed E-state index contributed by atoms with van der Waals surface area (Å²) in [6.07, 6.45) is 1.63. The Labute approximate surface area is 153 Å². The average Bonchev–Trinajstić information content (AvgIpc) is 2.59. The fourth-order valence-electron chi connectivity index (χ4n) is 2.11. The highest BCUT2D eigenvalue weighted by molar-refractivity contribution is 9.10. The van der Waals surface area contributed by atoms with Gasteiger partial charge in [0.15, 0.2) is 0 Å². The van der Waals surface area contributed by atoms with Gasteiger partial charge in [-0.2, -0.15) is 0 Å². The summed E-state index contributed by atoms with van der Waals surface area (Å²) in [4.78, 5) is 16.9. The monoisotopic (exact) mass is 401 g/mol. The van der Waals surface area contributed by atoms with Gasteiger partial charge in [0.05, 0.1) is 11.3 Å². The number of amides is 1. The van der Waals surface area contributed by atoms with E-state index in [1.165, 1.54) is 0 Å². The molecule has 0 atom stereocenters. The lowest BCUT2D eigenvalue weighted by atomic mass is 10.2. The Morgan fingerprint density at radius 2 is 1.75 bits per heavy atom. The molecule has 2 N–H and O–H groups in total. The van der Waals surface area contributed by atoms with Crippen LogP contribution in [0.3, 0.4) is 0 Å². The van der Waals surface area contributed by atoms with E-state index in [0.29, 0.717) is 22.1 Å². The van der Waals surface area contributed by atoms with Crippen molar-refractivity contribution in [3.05, 3.63) is 81.9 Å². The molecule has 0 saturated heterocycles. The summed E-state index contributed by atoms with van der Waals surface area (Å²) in [5, 5.41) is 6.66. The molecule has 1 heterocycles. The molecule has 0 saturated carbocycles. The van der Waals surface area contributed by atoms with E-state index in [9.17, 15) is 4.79 Å². The molecule has 0 unspecified atom stereocenters. The largest absolute Gasteiger partial charge is 0.340 e. The summed E-state index contributed by atoms with van der Waals surface area (Å²) >= 11 is 9.31. The maximum absolute atomic E-state index is 12.6. The predicted molar refractivity (Wildman–Crippen MR) is 101 cm³/mol. The van der Waals surface area contributed by atoms with Crippen LogP contribution in [0.5, 0.6) is 0 Å². The zero-order valence-electron chi connectivity index (χ0n) is 12.5. The van der Waals surface area contributed by atoms with Crippen LogP contribution < -0.4 is 10.6 Å². The average molecular weight is 403 g/mol. The van der Waals surface area contributed by atoms with Gasteiger partial charge < -0.3 is 10.6 Å². The van der Waals surface area contributed by atoms with E-state index in [0.717, 1.165) is 10.2 Å². The van der Waals surface area contributed by atoms with Crippen molar-refractivity contribution in [2.75, 3.05) is 10.6 Å². The van der Waals surface area contributed by atoms with Crippen LogP contribution >= 0.6 is 27.5 Å². The van der Waals surface area contributed by atoms with Gasteiger partial charge in [-0.3, -0.25) is 4.79 Å². The summed E-state index contributed by atoms with van der Waals surface area (Å²) in [6.45, 7) is 0. The van der Waals surface area contributed by atoms with Crippen LogP contribution in [0.15, 0.2) is 71.3 Å². The van der Waals surface area contributed by atoms with Crippen LogP contribution in [0.2, 0.25) is 5.02 Å². The van der Waals surface area contributed by atoms with Crippen molar-refractivity contribution in [2.24, 2.45) is 0 Å². The van der Waals surface area contributed by atoms with Crippen LogP contribution in [-0.2, 0) is 0 Å². The van der Waals surface area contributed by atoms with Gasteiger partial charge in [0, 0.05) is 21.4 Å². The van der Waals surface area contributed by atoms with Gasteiger partial charge in [-0.1, -0.05) is 23.7 Å². The normalized spacial score (nSPS) is 10.2. The van der Waals surface area contributed by atoms with Crippen molar-refractivity contribution in [3.8, 4) is 0 Å². The number of carbonyl (C=O) groups is 1. The molecule has 0 radical (unpaired) electrons. The number of para-hydroxylation sites is 1. The number of anilines is 3. The molecule has 120 valence electrons. The smallest absolute Gasteiger partial charge is 0.259 e. The fraction of sp³-hybridized carbons (Fsp3) is 0. The van der Waals surface area contributed by atoms with Gasteiger partial charge in [-0.15, -0.1) is 0 Å². The first-order valence-electron chi connectivity index (χ1n) is 7.17. The van der Waals surface area contributed by atoms with E-state index in [-0.39, 0.29) is 5.91 Å². The first kappa shape index (κ1) is 16.5. The number of pyridine rings is 1. The lowest BCUT2D eigenvalue weighted by Gasteiger charge is -2.12. The molecule has 3 rings (SSSR count). The lowest BCUT2D eigenvalue weighted by molar-refractivity contribution is 0.102. The topological polar surface area (TPSA) is 54.0 Å². The van der Waals surface area contributed by atoms with Gasteiger partial charge >= 0.3 is 0 Å². The molecule has 0 aliphatic carbocycles. The molecule has 1 aromatic heterocycles. The fourth-order valence-corrected chi connectivity index (χ4v) is 2.62. The highest BCUT2D eigenvalue weighted by Gasteiger charge is 2.13. The van der Waals surface area contributed by atoms with Gasteiger partial charge in [-0.25, -0.2) is 4.98 Å². The summed E-state index contributed by atoms with van der Waals surface area (Å²) in [5.41, 5.74) is 1.94. The third kappa shape index (κ3) is 3.93. The first-order valence-corrected chi connectivity index (χ1v) is 8.34. The molecule has 1 amide bonds. The molecular weight excluding hydrogens is 390 g/mol. The Morgan fingerprint density at radius 3 is 2.50 bits per heavy atom. The van der Waals surface area contributed by atoms with Crippen molar-refractivity contribution in [3.63, 3.8) is 0 Å². The van der Waals surface area contributed by atoms with E-state index < -0.39 is 0 Å². The lowest BCUT2D eigenvalue weighted by Crippen LogP contribution is -2.15. The SMILES string of the molecule is O=C(Nc1ccccc1Br)c1cccnc1Nc1ccc(Cl)cc1. The Hall–Kier alpha value is -2.37. The maximum Gasteiger partial charge on any atom is 0.259 e. The minimum Gasteiger partial charge on any atom is -0.340 e. The molecule has 3 aromatic rings. The number of benzene rings is 2. The molecule has 6 heteroatoms. The van der Waals surface area contributed by atoms with Crippen molar-refractivity contribution in [1.29, 1.82) is 0 Å². The predicted octanol–water partition coefficient (Wildman–Crippen LogP) is 5.49. The maximum atomic E-state index is 12.6. The molecule has 24 heavy (non-hydrogen) atoms. The number of carbonyl (C=O) groups excluding carboxylic acids is 1. The number of halogens is 2. The van der Waals surface area contributed by atoms with E-state index in [1.807, 2.05) is 36.4 Å². The third-order valence-corrected chi connectivity index (χ3v) is 4.22. The van der Waals surface area contributed by atoms with Crippen LogP contribution in [0, 0.1) is 0 Å². The summed E-state index contributed by atoms with van der Waals surface area (Å²) < 4.78 is 0.814. The molecule has 0 bridgehead atoms. The van der Waals surface area contributed by atoms with Crippen LogP contribution in [0.1, 0.15) is 10.4 Å². The van der Waals surface area contributed by atoms with Gasteiger partial charge in [0.25, 0.3) is 5.91 Å². The second kappa shape index (κ2) is 7.47. The number of rotatable bonds is 4. The zero-order chi connectivity index (χ0) is 16.9. The van der Waals surface area contributed by atoms with Crippen molar-refractivity contribution < 1.29 is 4.79 Å². The Morgan fingerprint density at radius 1 is 1.00 bits per heavy atom. The van der Waals surface area contributed by atoms with Crippen molar-refractivity contribution in [2.45, 2.75) is 0 Å². The standard InChI is InChI=1S/C18H13BrClN3O/c19-15-5-1-2-6-16(15)23-18(24)14-4-3-11-21-17(14)22-13-9-7-12(20)8-10-13/h1-11H,(H,21,22)(H,23,24). The van der Waals surface area contributed by atoms with E-state index in [1.54, 1.807) is 30.5 Å². The van der Waals surface area contributed by atoms with E-state index in [4.69, 9.17) is 11.6 Å². The second-order valence-electron chi connectivity index (χ2n) is 4.97. The van der Waals surface area contributed by atoms with E-state index >= 15 is 0 Å². The number of nitrogens with one attached hydrogen (secondary N) is 2. The molecule has 0 aliphatic heterocycles. The van der Waals surface area contributed by atoms with Crippen molar-refractivity contribution >= 4 is 50.6 Å². The van der Waals surface area contributed by atoms with Crippen LogP contribution in [0.25, 0.3) is 0 Å². The number of aromatic nitrogens is 1. The quantitative estimate of drug-likeness (QED) is 0.606. The second-order valence-corrected chi connectivity index (χ2v) is 6.26. The van der Waals surface area contributed by atoms with Crippen LogP contribution in [0.4, 0.5) is 17.2 Å². The first-order chi connectivity index (χ1) is 11.6. The van der Waals surface area contributed by atoms with Crippen LogP contribution in [-0.4, -0.2) is 10.9 Å². The summed E-state index contributed by atoms with van der Waals surface area (Å²) in [5.74, 6) is 0.232. The van der Waals surface area contributed by atoms with Crippen molar-refractivity contribution in [1.82, 2.24) is 4.98 Å². The minimum atomic E-state index is -0.244. The molecular formula is C18H13BrClN3O. The molecule has 2 aromatic carbocycles. The van der Waals surface area contributed by atoms with Gasteiger partial charge in [0.2, 0.25) is 0 Å². The summed E-state index contributed by atoms with van der Waals surface area (Å²) in [6, 6.07) is 18.1. The van der Waals surface area contributed by atoms with Gasteiger partial charge in [-0.05, 0) is 64.5 Å². The molecule has 0 fully saturated rings. The minimum absolute atomic E-state index is 0.244. The number of hydrogen-bond donors (Lipinski definition) is 2. The Balaban J connectivity index is 1.84. The molecule has 0 spiro atoms. The Kier molecular flexibility index (Phi) is 5.13. The highest BCUT2D eigenvalue weighted by Crippen LogP contribution is 2.24. The van der Waals surface area contributed by atoms with E-state index in [2.05, 4.69) is 31.5 Å². The molecule has 0 aliphatic rings. The summed E-state index contributed by atoms with van der Waals surface area (Å²) in [7, 11) is 0. The number of nitrogens with zero attached hydrogens (tertiary/aromatic N) is 1. The van der Waals surface area contributed by atoms with Gasteiger partial charge in [0.1, 0.15) is 5.82 Å². The third-order valence-electron chi connectivity index (χ3n) is 3.28. The highest BCUT2D eigenvalue weighted by atomic mass is 79.9. The number of hydrogen-bond acceptors (Lipinski definition) is 3. The zero-order valence-corrected chi connectivity index (χ0v) is 14.8. The Bertz CT molecular complexity index is 868. The molecule has 4 nitrogen and oxygen atoms in total.